The van der Waals surface area contributed by atoms with Gasteiger partial charge in [0, 0.05) is 19.2 Å². The summed E-state index contributed by atoms with van der Waals surface area (Å²) >= 11 is 0. The zero-order valence-corrected chi connectivity index (χ0v) is 10.6. The maximum atomic E-state index is 11.5. The van der Waals surface area contributed by atoms with Gasteiger partial charge in [-0.1, -0.05) is 0 Å². The minimum Gasteiger partial charge on any atom is -0.428 e. The van der Waals surface area contributed by atoms with Gasteiger partial charge in [0.2, 0.25) is 5.91 Å². The highest BCUT2D eigenvalue weighted by molar-refractivity contribution is 5.79. The summed E-state index contributed by atoms with van der Waals surface area (Å²) in [5.41, 5.74) is -0.103. The molecule has 1 fully saturated rings. The van der Waals surface area contributed by atoms with Gasteiger partial charge in [0.1, 0.15) is 11.9 Å². The molecule has 0 spiro atoms. The molecule has 1 aliphatic heterocycles. The molecule has 106 valence electrons. The van der Waals surface area contributed by atoms with Gasteiger partial charge in [-0.3, -0.25) is 14.9 Å². The van der Waals surface area contributed by atoms with Crippen molar-refractivity contribution in [2.75, 3.05) is 13.6 Å². The predicted octanol–water partition coefficient (Wildman–Crippen LogP) is 1.34. The van der Waals surface area contributed by atoms with Gasteiger partial charge in [-0.05, 0) is 12.1 Å². The molecule has 1 aromatic carbocycles. The van der Waals surface area contributed by atoms with E-state index >= 15 is 0 Å². The Morgan fingerprint density at radius 3 is 2.55 bits per heavy atom. The Morgan fingerprint density at radius 2 is 2.05 bits per heavy atom. The van der Waals surface area contributed by atoms with Crippen LogP contribution in [0.3, 0.4) is 0 Å². The van der Waals surface area contributed by atoms with Gasteiger partial charge < -0.3 is 14.4 Å². The van der Waals surface area contributed by atoms with E-state index in [1.165, 1.54) is 29.2 Å². The maximum Gasteiger partial charge on any atom is 0.514 e. The van der Waals surface area contributed by atoms with Gasteiger partial charge in [-0.25, -0.2) is 4.79 Å². The number of likely N-dealkylation sites (N-methyl/N-ethyl adjacent to an activating group) is 1. The highest BCUT2D eigenvalue weighted by atomic mass is 16.7. The first kappa shape index (κ1) is 13.8. The van der Waals surface area contributed by atoms with Crippen LogP contribution >= 0.6 is 0 Å². The number of hydrogen-bond acceptors (Lipinski definition) is 6. The van der Waals surface area contributed by atoms with Crippen LogP contribution in [0.4, 0.5) is 10.5 Å². The first-order chi connectivity index (χ1) is 9.45. The SMILES string of the molecule is CN1C[C@@H](OC(=O)Oc2ccc([N+](=O)[O-])cc2)CC1=O. The fourth-order valence-corrected chi connectivity index (χ4v) is 1.79. The Balaban J connectivity index is 1.88. The molecule has 0 aliphatic carbocycles. The van der Waals surface area contributed by atoms with Crippen molar-refractivity contribution in [2.24, 2.45) is 0 Å². The van der Waals surface area contributed by atoms with E-state index in [2.05, 4.69) is 0 Å². The smallest absolute Gasteiger partial charge is 0.428 e. The van der Waals surface area contributed by atoms with Crippen LogP contribution in [-0.2, 0) is 9.53 Å². The quantitative estimate of drug-likeness (QED) is 0.358. The molecule has 1 aliphatic rings. The summed E-state index contributed by atoms with van der Waals surface area (Å²) in [6.07, 6.45) is -1.34. The second-order valence-corrected chi connectivity index (χ2v) is 4.32. The summed E-state index contributed by atoms with van der Waals surface area (Å²) in [6, 6.07) is 5.03. The Hall–Kier alpha value is -2.64. The van der Waals surface area contributed by atoms with Crippen molar-refractivity contribution in [3.05, 3.63) is 34.4 Å². The largest absolute Gasteiger partial charge is 0.514 e. The highest BCUT2D eigenvalue weighted by Crippen LogP contribution is 2.19. The van der Waals surface area contributed by atoms with E-state index in [-0.39, 0.29) is 23.8 Å². The summed E-state index contributed by atoms with van der Waals surface area (Å²) in [7, 11) is 1.62. The molecule has 0 radical (unpaired) electrons. The normalized spacial score (nSPS) is 17.9. The topological polar surface area (TPSA) is 99.0 Å². The van der Waals surface area contributed by atoms with Crippen molar-refractivity contribution < 1.29 is 24.0 Å². The maximum absolute atomic E-state index is 11.5. The Kier molecular flexibility index (Phi) is 3.83. The number of hydrogen-bond donors (Lipinski definition) is 0. The molecule has 0 unspecified atom stereocenters. The van der Waals surface area contributed by atoms with Crippen LogP contribution in [0.1, 0.15) is 6.42 Å². The van der Waals surface area contributed by atoms with Crippen molar-refractivity contribution in [1.29, 1.82) is 0 Å². The summed E-state index contributed by atoms with van der Waals surface area (Å²) in [5, 5.41) is 10.5. The van der Waals surface area contributed by atoms with Crippen LogP contribution in [0.15, 0.2) is 24.3 Å². The van der Waals surface area contributed by atoms with Crippen molar-refractivity contribution in [1.82, 2.24) is 4.90 Å². The average Bonchev–Trinajstić information content (AvgIpc) is 2.68. The second-order valence-electron chi connectivity index (χ2n) is 4.32. The lowest BCUT2D eigenvalue weighted by atomic mass is 10.3. The lowest BCUT2D eigenvalue weighted by Crippen LogP contribution is -2.24. The minimum absolute atomic E-state index is 0.0989. The van der Waals surface area contributed by atoms with Gasteiger partial charge in [0.05, 0.1) is 17.9 Å². The number of nitrogens with zero attached hydrogens (tertiary/aromatic N) is 2. The van der Waals surface area contributed by atoms with E-state index < -0.39 is 17.2 Å². The van der Waals surface area contributed by atoms with E-state index in [0.29, 0.717) is 6.54 Å². The lowest BCUT2D eigenvalue weighted by molar-refractivity contribution is -0.384. The van der Waals surface area contributed by atoms with E-state index in [1.54, 1.807) is 7.05 Å². The molecule has 2 rings (SSSR count). The molecule has 20 heavy (non-hydrogen) atoms. The molecular weight excluding hydrogens is 268 g/mol. The molecule has 0 aromatic heterocycles. The number of carbonyl (C=O) groups is 2. The monoisotopic (exact) mass is 280 g/mol. The number of non-ortho nitro benzene ring substituents is 1. The van der Waals surface area contributed by atoms with E-state index in [4.69, 9.17) is 9.47 Å². The highest BCUT2D eigenvalue weighted by Gasteiger charge is 2.30. The Labute approximate surface area is 114 Å². The molecule has 0 saturated carbocycles. The summed E-state index contributed by atoms with van der Waals surface area (Å²) in [6.45, 7) is 0.328. The van der Waals surface area contributed by atoms with Gasteiger partial charge in [0.15, 0.2) is 0 Å². The van der Waals surface area contributed by atoms with E-state index in [9.17, 15) is 19.7 Å². The third-order valence-electron chi connectivity index (χ3n) is 2.82. The number of benzene rings is 1. The fraction of sp³-hybridized carbons (Fsp3) is 0.333. The van der Waals surface area contributed by atoms with E-state index in [0.717, 1.165) is 0 Å². The third kappa shape index (κ3) is 3.22. The van der Waals surface area contributed by atoms with Crippen LogP contribution in [0, 0.1) is 10.1 Å². The van der Waals surface area contributed by atoms with Gasteiger partial charge >= 0.3 is 6.16 Å². The van der Waals surface area contributed by atoms with Gasteiger partial charge in [-0.2, -0.15) is 0 Å². The summed E-state index contributed by atoms with van der Waals surface area (Å²) in [4.78, 5) is 34.1. The summed E-state index contributed by atoms with van der Waals surface area (Å²) < 4.78 is 9.84. The van der Waals surface area contributed by atoms with Crippen LogP contribution in [0.5, 0.6) is 5.75 Å². The van der Waals surface area contributed by atoms with Crippen LogP contribution in [0.2, 0.25) is 0 Å². The zero-order chi connectivity index (χ0) is 14.7. The number of ether oxygens (including phenoxy) is 2. The molecule has 1 heterocycles. The van der Waals surface area contributed by atoms with Crippen molar-refractivity contribution >= 4 is 17.7 Å². The van der Waals surface area contributed by atoms with Crippen molar-refractivity contribution in [3.63, 3.8) is 0 Å². The number of amides is 1. The number of carbonyl (C=O) groups excluding carboxylic acids is 2. The minimum atomic E-state index is -0.938. The average molecular weight is 280 g/mol. The van der Waals surface area contributed by atoms with Gasteiger partial charge in [0.25, 0.3) is 5.69 Å². The third-order valence-corrected chi connectivity index (χ3v) is 2.82. The first-order valence-electron chi connectivity index (χ1n) is 5.82. The molecular formula is C12H12N2O6. The van der Waals surface area contributed by atoms with Crippen molar-refractivity contribution in [2.45, 2.75) is 12.5 Å². The van der Waals surface area contributed by atoms with Crippen LogP contribution in [0.25, 0.3) is 0 Å². The lowest BCUT2D eigenvalue weighted by Gasteiger charge is -2.11. The molecule has 0 bridgehead atoms. The molecule has 1 saturated heterocycles. The molecule has 1 aromatic rings. The zero-order valence-electron chi connectivity index (χ0n) is 10.6. The van der Waals surface area contributed by atoms with Crippen LogP contribution in [-0.4, -0.2) is 41.6 Å². The van der Waals surface area contributed by atoms with Gasteiger partial charge in [-0.15, -0.1) is 0 Å². The predicted molar refractivity (Wildman–Crippen MR) is 66.2 cm³/mol. The Morgan fingerprint density at radius 1 is 1.40 bits per heavy atom. The molecule has 8 heteroatoms. The number of likely N-dealkylation sites (tertiary alicyclic amines) is 1. The number of nitro benzene ring substituents is 1. The van der Waals surface area contributed by atoms with Crippen LogP contribution < -0.4 is 4.74 Å². The number of rotatable bonds is 3. The first-order valence-corrected chi connectivity index (χ1v) is 5.82. The molecule has 8 nitrogen and oxygen atoms in total. The number of nitro groups is 1. The molecule has 1 atom stereocenters. The second kappa shape index (κ2) is 5.55. The summed E-state index contributed by atoms with van der Waals surface area (Å²) in [5.74, 6) is 0.0383. The van der Waals surface area contributed by atoms with Crippen molar-refractivity contribution in [3.8, 4) is 5.75 Å². The van der Waals surface area contributed by atoms with E-state index in [1.807, 2.05) is 0 Å². The molecule has 0 N–H and O–H groups in total. The fourth-order valence-electron chi connectivity index (χ4n) is 1.79. The standard InChI is InChI=1S/C12H12N2O6/c1-13-7-10(6-11(13)15)20-12(16)19-9-4-2-8(3-5-9)14(17)18/h2-5,10H,6-7H2,1H3/t10-/m0/s1. The Bertz CT molecular complexity index is 541. The molecule has 1 amide bonds.